The molecule has 5 nitrogen and oxygen atoms in total. The number of ether oxygens (including phenoxy) is 1. The molecule has 20 heavy (non-hydrogen) atoms. The number of aryl methyl sites for hydroxylation is 1. The fourth-order valence-electron chi connectivity index (χ4n) is 1.71. The summed E-state index contributed by atoms with van der Waals surface area (Å²) in [7, 11) is 1.52. The molecule has 0 saturated heterocycles. The minimum absolute atomic E-state index is 0.329. The van der Waals surface area contributed by atoms with Gasteiger partial charge in [0.1, 0.15) is 23.0 Å². The van der Waals surface area contributed by atoms with Gasteiger partial charge in [-0.3, -0.25) is 4.79 Å². The molecule has 1 aromatic carbocycles. The van der Waals surface area contributed by atoms with Crippen LogP contribution in [0.15, 0.2) is 45.9 Å². The highest BCUT2D eigenvalue weighted by Gasteiger charge is 2.11. The quantitative estimate of drug-likeness (QED) is 0.687. The molecular formula is C15H16N2O3. The summed E-state index contributed by atoms with van der Waals surface area (Å²) in [6.07, 6.45) is 0. The summed E-state index contributed by atoms with van der Waals surface area (Å²) in [5, 5.41) is 4.03. The highest BCUT2D eigenvalue weighted by Crippen LogP contribution is 2.16. The molecule has 2 aromatic rings. The number of nitrogens with zero attached hydrogens (tertiary/aromatic N) is 1. The number of rotatable bonds is 4. The van der Waals surface area contributed by atoms with Gasteiger partial charge in [-0.1, -0.05) is 12.1 Å². The van der Waals surface area contributed by atoms with Crippen LogP contribution in [0, 0.1) is 6.92 Å². The first kappa shape index (κ1) is 13.9. The summed E-state index contributed by atoms with van der Waals surface area (Å²) in [5.74, 6) is 1.60. The Balaban J connectivity index is 2.12. The number of carbonyl (C=O) groups excluding carboxylic acids is 1. The molecule has 0 atom stereocenters. The van der Waals surface area contributed by atoms with Crippen LogP contribution in [0.25, 0.3) is 0 Å². The highest BCUT2D eigenvalue weighted by atomic mass is 16.5. The van der Waals surface area contributed by atoms with Crippen LogP contribution in [0.5, 0.6) is 5.75 Å². The molecule has 0 radical (unpaired) electrons. The fourth-order valence-corrected chi connectivity index (χ4v) is 1.71. The maximum atomic E-state index is 12.0. The lowest BCUT2D eigenvalue weighted by atomic mass is 10.2. The van der Waals surface area contributed by atoms with E-state index < -0.39 is 0 Å². The van der Waals surface area contributed by atoms with Crippen molar-refractivity contribution in [1.29, 1.82) is 0 Å². The average molecular weight is 272 g/mol. The molecular weight excluding hydrogens is 256 g/mol. The van der Waals surface area contributed by atoms with E-state index in [2.05, 4.69) is 10.5 Å². The first-order valence-corrected chi connectivity index (χ1v) is 6.16. The van der Waals surface area contributed by atoms with Crippen molar-refractivity contribution in [3.8, 4) is 5.75 Å². The molecule has 104 valence electrons. The van der Waals surface area contributed by atoms with Crippen LogP contribution >= 0.6 is 0 Å². The molecule has 1 heterocycles. The number of hydrogen-bond donors (Lipinski definition) is 1. The number of hydrazone groups is 1. The Hall–Kier alpha value is -2.56. The van der Waals surface area contributed by atoms with E-state index in [-0.39, 0.29) is 5.91 Å². The summed E-state index contributed by atoms with van der Waals surface area (Å²) < 4.78 is 10.6. The van der Waals surface area contributed by atoms with Gasteiger partial charge < -0.3 is 9.15 Å². The predicted molar refractivity (Wildman–Crippen MR) is 76.1 cm³/mol. The molecule has 2 rings (SSSR count). The largest absolute Gasteiger partial charge is 0.496 e. The van der Waals surface area contributed by atoms with Crippen molar-refractivity contribution < 1.29 is 13.9 Å². The molecule has 0 spiro atoms. The van der Waals surface area contributed by atoms with Gasteiger partial charge in [-0.25, -0.2) is 5.43 Å². The molecule has 0 aliphatic rings. The Morgan fingerprint density at radius 3 is 2.65 bits per heavy atom. The van der Waals surface area contributed by atoms with Gasteiger partial charge in [0.15, 0.2) is 0 Å². The van der Waals surface area contributed by atoms with Crippen LogP contribution in [0.4, 0.5) is 0 Å². The van der Waals surface area contributed by atoms with Gasteiger partial charge in [0, 0.05) is 0 Å². The summed E-state index contributed by atoms with van der Waals surface area (Å²) in [4.78, 5) is 12.0. The lowest BCUT2D eigenvalue weighted by Crippen LogP contribution is -2.19. The Labute approximate surface area is 117 Å². The van der Waals surface area contributed by atoms with Crippen LogP contribution in [-0.4, -0.2) is 18.7 Å². The summed E-state index contributed by atoms with van der Waals surface area (Å²) in [5.41, 5.74) is 3.52. The number of nitrogens with one attached hydrogen (secondary N) is 1. The van der Waals surface area contributed by atoms with Crippen molar-refractivity contribution in [3.63, 3.8) is 0 Å². The smallest absolute Gasteiger partial charge is 0.275 e. The molecule has 0 aliphatic carbocycles. The van der Waals surface area contributed by atoms with E-state index in [1.165, 1.54) is 7.11 Å². The Morgan fingerprint density at radius 1 is 1.25 bits per heavy atom. The van der Waals surface area contributed by atoms with Gasteiger partial charge in [0.05, 0.1) is 12.7 Å². The SMILES string of the molecule is COc1ccccc1C(=O)N/N=C(\C)c1ccc(C)o1. The third-order valence-corrected chi connectivity index (χ3v) is 2.77. The third-order valence-electron chi connectivity index (χ3n) is 2.77. The van der Waals surface area contributed by atoms with Gasteiger partial charge in [0.25, 0.3) is 5.91 Å². The number of methoxy groups -OCH3 is 1. The topological polar surface area (TPSA) is 63.8 Å². The first-order chi connectivity index (χ1) is 9.61. The zero-order chi connectivity index (χ0) is 14.5. The summed E-state index contributed by atoms with van der Waals surface area (Å²) in [6, 6.07) is 10.6. The molecule has 1 aromatic heterocycles. The molecule has 0 bridgehead atoms. The summed E-state index contributed by atoms with van der Waals surface area (Å²) >= 11 is 0. The van der Waals surface area contributed by atoms with Crippen LogP contribution in [-0.2, 0) is 0 Å². The highest BCUT2D eigenvalue weighted by molar-refractivity contribution is 6.00. The third kappa shape index (κ3) is 3.06. The van der Waals surface area contributed by atoms with Crippen molar-refractivity contribution in [2.45, 2.75) is 13.8 Å². The van der Waals surface area contributed by atoms with E-state index in [0.717, 1.165) is 5.76 Å². The van der Waals surface area contributed by atoms with Crippen molar-refractivity contribution in [2.75, 3.05) is 7.11 Å². The van der Waals surface area contributed by atoms with Crippen molar-refractivity contribution in [1.82, 2.24) is 5.43 Å². The van der Waals surface area contributed by atoms with Crippen LogP contribution in [0.2, 0.25) is 0 Å². The maximum Gasteiger partial charge on any atom is 0.275 e. The van der Waals surface area contributed by atoms with Gasteiger partial charge in [-0.2, -0.15) is 5.10 Å². The van der Waals surface area contributed by atoms with Gasteiger partial charge >= 0.3 is 0 Å². The first-order valence-electron chi connectivity index (χ1n) is 6.16. The van der Waals surface area contributed by atoms with Crippen LogP contribution in [0.3, 0.4) is 0 Å². The number of amides is 1. The van der Waals surface area contributed by atoms with Gasteiger partial charge in [-0.15, -0.1) is 0 Å². The lowest BCUT2D eigenvalue weighted by molar-refractivity contribution is 0.0952. The monoisotopic (exact) mass is 272 g/mol. The number of para-hydroxylation sites is 1. The van der Waals surface area contributed by atoms with E-state index in [0.29, 0.717) is 22.8 Å². The number of hydrogen-bond acceptors (Lipinski definition) is 4. The molecule has 5 heteroatoms. The Bertz CT molecular complexity index is 644. The standard InChI is InChI=1S/C15H16N2O3/c1-10-8-9-13(20-10)11(2)16-17-15(18)12-6-4-5-7-14(12)19-3/h4-9H,1-3H3,(H,17,18)/b16-11+. The average Bonchev–Trinajstić information content (AvgIpc) is 2.91. The molecule has 0 fully saturated rings. The number of furan rings is 1. The van der Waals surface area contributed by atoms with Gasteiger partial charge in [0.2, 0.25) is 0 Å². The second kappa shape index (κ2) is 6.06. The van der Waals surface area contributed by atoms with Crippen molar-refractivity contribution in [3.05, 3.63) is 53.5 Å². The summed E-state index contributed by atoms with van der Waals surface area (Å²) in [6.45, 7) is 3.62. The minimum atomic E-state index is -0.329. The van der Waals surface area contributed by atoms with E-state index in [4.69, 9.17) is 9.15 Å². The second-order valence-electron chi connectivity index (χ2n) is 4.25. The fraction of sp³-hybridized carbons (Fsp3) is 0.200. The van der Waals surface area contributed by atoms with Crippen molar-refractivity contribution in [2.24, 2.45) is 5.10 Å². The lowest BCUT2D eigenvalue weighted by Gasteiger charge is -2.06. The number of benzene rings is 1. The second-order valence-corrected chi connectivity index (χ2v) is 4.25. The van der Waals surface area contributed by atoms with E-state index in [1.54, 1.807) is 31.2 Å². The molecule has 0 aliphatic heterocycles. The Morgan fingerprint density at radius 2 is 2.00 bits per heavy atom. The molecule has 1 N–H and O–H groups in total. The van der Waals surface area contributed by atoms with E-state index in [9.17, 15) is 4.79 Å². The van der Waals surface area contributed by atoms with E-state index >= 15 is 0 Å². The maximum absolute atomic E-state index is 12.0. The molecule has 0 unspecified atom stereocenters. The zero-order valence-electron chi connectivity index (χ0n) is 11.6. The van der Waals surface area contributed by atoms with Crippen LogP contribution < -0.4 is 10.2 Å². The normalized spacial score (nSPS) is 11.2. The van der Waals surface area contributed by atoms with E-state index in [1.807, 2.05) is 19.1 Å². The van der Waals surface area contributed by atoms with Crippen LogP contribution in [0.1, 0.15) is 28.8 Å². The molecule has 0 saturated carbocycles. The predicted octanol–water partition coefficient (Wildman–Crippen LogP) is 2.75. The zero-order valence-corrected chi connectivity index (χ0v) is 11.6. The Kier molecular flexibility index (Phi) is 4.20. The number of carbonyl (C=O) groups is 1. The molecule has 1 amide bonds. The van der Waals surface area contributed by atoms with Crippen molar-refractivity contribution >= 4 is 11.6 Å². The van der Waals surface area contributed by atoms with Gasteiger partial charge in [-0.05, 0) is 38.1 Å². The minimum Gasteiger partial charge on any atom is -0.496 e.